The molecule has 2 aromatic rings. The van der Waals surface area contributed by atoms with Gasteiger partial charge in [-0.25, -0.2) is 4.98 Å². The van der Waals surface area contributed by atoms with Gasteiger partial charge in [0.05, 0.1) is 12.7 Å². The number of hydrogen-bond acceptors (Lipinski definition) is 5. The predicted molar refractivity (Wildman–Crippen MR) is 97.5 cm³/mol. The van der Waals surface area contributed by atoms with E-state index in [0.29, 0.717) is 22.4 Å². The lowest BCUT2D eigenvalue weighted by atomic mass is 9.81. The summed E-state index contributed by atoms with van der Waals surface area (Å²) in [6.45, 7) is 2.19. The van der Waals surface area contributed by atoms with Gasteiger partial charge in [0.25, 0.3) is 0 Å². The molecule has 2 aliphatic heterocycles. The van der Waals surface area contributed by atoms with E-state index in [9.17, 15) is 4.79 Å². The van der Waals surface area contributed by atoms with Crippen molar-refractivity contribution in [3.8, 4) is 0 Å². The van der Waals surface area contributed by atoms with Crippen LogP contribution in [0.25, 0.3) is 0 Å². The highest BCUT2D eigenvalue weighted by Crippen LogP contribution is 2.50. The molecule has 0 unspecified atom stereocenters. The fraction of sp³-hybridized carbons (Fsp3) is 0.375. The van der Waals surface area contributed by atoms with E-state index in [2.05, 4.69) is 9.88 Å². The molecular weight excluding hydrogens is 367 g/mol. The van der Waals surface area contributed by atoms with Crippen LogP contribution in [-0.4, -0.2) is 42.0 Å². The molecular formula is C16H16Cl2N4OS. The van der Waals surface area contributed by atoms with E-state index in [1.54, 1.807) is 6.20 Å². The number of carbonyl (C=O) groups excluding carboxylic acids is 1. The van der Waals surface area contributed by atoms with Crippen molar-refractivity contribution >= 4 is 51.3 Å². The molecule has 1 amide bonds. The van der Waals surface area contributed by atoms with Gasteiger partial charge in [0.15, 0.2) is 5.13 Å². The Hall–Kier alpha value is -1.34. The molecule has 0 radical (unpaired) electrons. The first-order chi connectivity index (χ1) is 11.5. The predicted octanol–water partition coefficient (Wildman–Crippen LogP) is 3.03. The zero-order valence-corrected chi connectivity index (χ0v) is 15.2. The van der Waals surface area contributed by atoms with Gasteiger partial charge in [-0.05, 0) is 30.2 Å². The minimum Gasteiger partial charge on any atom is -0.341 e. The molecule has 126 valence electrons. The molecule has 2 aliphatic rings. The Labute approximate surface area is 154 Å². The lowest BCUT2D eigenvalue weighted by Crippen LogP contribution is -2.39. The van der Waals surface area contributed by atoms with E-state index in [4.69, 9.17) is 28.9 Å². The van der Waals surface area contributed by atoms with E-state index in [-0.39, 0.29) is 17.9 Å². The van der Waals surface area contributed by atoms with Crippen LogP contribution in [0.15, 0.2) is 24.4 Å². The summed E-state index contributed by atoms with van der Waals surface area (Å²) in [6, 6.07) is 5.93. The maximum Gasteiger partial charge on any atom is 0.236 e. The Morgan fingerprint density at radius 3 is 2.92 bits per heavy atom. The van der Waals surface area contributed by atoms with Crippen molar-refractivity contribution in [3.63, 3.8) is 0 Å². The van der Waals surface area contributed by atoms with Crippen LogP contribution in [0.1, 0.15) is 12.0 Å². The van der Waals surface area contributed by atoms with Crippen LogP contribution < -0.4 is 10.6 Å². The summed E-state index contributed by atoms with van der Waals surface area (Å²) in [7, 11) is 0. The van der Waals surface area contributed by atoms with Crippen LogP contribution in [0, 0.1) is 0 Å². The van der Waals surface area contributed by atoms with E-state index in [0.717, 1.165) is 23.8 Å². The number of carbonyl (C=O) groups is 1. The van der Waals surface area contributed by atoms with Gasteiger partial charge in [-0.2, -0.15) is 0 Å². The second-order valence-corrected chi connectivity index (χ2v) is 8.32. The molecule has 3 heterocycles. The minimum atomic E-state index is -0.136. The van der Waals surface area contributed by atoms with Crippen molar-refractivity contribution < 1.29 is 4.79 Å². The van der Waals surface area contributed by atoms with Gasteiger partial charge in [0.2, 0.25) is 5.91 Å². The smallest absolute Gasteiger partial charge is 0.236 e. The fourth-order valence-electron chi connectivity index (χ4n) is 3.75. The monoisotopic (exact) mass is 382 g/mol. The number of benzene rings is 1. The fourth-order valence-corrected chi connectivity index (χ4v) is 4.83. The second-order valence-electron chi connectivity index (χ2n) is 6.24. The van der Waals surface area contributed by atoms with Crippen molar-refractivity contribution in [2.45, 2.75) is 11.8 Å². The molecule has 0 bridgehead atoms. The van der Waals surface area contributed by atoms with Gasteiger partial charge in [-0.3, -0.25) is 4.79 Å². The number of anilines is 2. The first-order valence-electron chi connectivity index (χ1n) is 7.69. The maximum atomic E-state index is 12.0. The summed E-state index contributed by atoms with van der Waals surface area (Å²) in [5.74, 6) is -0.00815. The summed E-state index contributed by atoms with van der Waals surface area (Å²) in [5, 5.41) is 1.57. The Balaban J connectivity index is 1.76. The molecule has 1 fully saturated rings. The largest absolute Gasteiger partial charge is 0.341 e. The van der Waals surface area contributed by atoms with Crippen LogP contribution in [0.4, 0.5) is 10.8 Å². The number of rotatable bonds is 2. The number of halogens is 2. The Kier molecular flexibility index (Phi) is 3.95. The molecule has 24 heavy (non-hydrogen) atoms. The Morgan fingerprint density at radius 2 is 2.21 bits per heavy atom. The lowest BCUT2D eigenvalue weighted by Gasteiger charge is -2.25. The number of aromatic nitrogens is 1. The number of amides is 1. The van der Waals surface area contributed by atoms with E-state index in [1.807, 2.05) is 23.1 Å². The molecule has 2 N–H and O–H groups in total. The Morgan fingerprint density at radius 1 is 1.38 bits per heavy atom. The molecule has 1 aromatic carbocycles. The maximum absolute atomic E-state index is 12.0. The number of nitrogens with two attached hydrogens (primary N) is 1. The molecule has 8 heteroatoms. The molecule has 1 saturated heterocycles. The minimum absolute atomic E-state index is 0.00815. The van der Waals surface area contributed by atoms with Crippen LogP contribution in [0.3, 0.4) is 0 Å². The molecule has 1 aromatic heterocycles. The number of hydrogen-bond donors (Lipinski definition) is 1. The van der Waals surface area contributed by atoms with Gasteiger partial charge in [-0.15, -0.1) is 0 Å². The third-order valence-corrected chi connectivity index (χ3v) is 6.23. The van der Waals surface area contributed by atoms with Gasteiger partial charge >= 0.3 is 0 Å². The van der Waals surface area contributed by atoms with Crippen molar-refractivity contribution in [3.05, 3.63) is 39.3 Å². The SMILES string of the molecule is NCC(=O)N1CC[C@@]2(C1)CN(c1ncc(Cl)s1)c1ccc(Cl)cc12. The second kappa shape index (κ2) is 5.88. The molecule has 1 spiro atoms. The quantitative estimate of drug-likeness (QED) is 0.866. The van der Waals surface area contributed by atoms with Crippen molar-refractivity contribution in [2.24, 2.45) is 5.73 Å². The number of likely N-dealkylation sites (tertiary alicyclic amines) is 1. The summed E-state index contributed by atoms with van der Waals surface area (Å²) in [5.41, 5.74) is 7.66. The van der Waals surface area contributed by atoms with Crippen LogP contribution in [-0.2, 0) is 10.2 Å². The van der Waals surface area contributed by atoms with E-state index >= 15 is 0 Å². The Bertz CT molecular complexity index is 811. The standard InChI is InChI=1S/C16H16Cl2N4OS/c17-10-1-2-12-11(5-10)16(3-4-21(8-16)14(23)6-19)9-22(12)15-20-7-13(18)24-15/h1-2,5,7H,3-4,6,8-9,19H2/t16-/m1/s1. The van der Waals surface area contributed by atoms with Crippen molar-refractivity contribution in [1.82, 2.24) is 9.88 Å². The highest BCUT2D eigenvalue weighted by molar-refractivity contribution is 7.19. The lowest BCUT2D eigenvalue weighted by molar-refractivity contribution is -0.128. The van der Waals surface area contributed by atoms with Gasteiger partial charge in [-0.1, -0.05) is 34.5 Å². The number of fused-ring (bicyclic) bond motifs is 2. The normalized spacial score (nSPS) is 22.5. The third-order valence-electron chi connectivity index (χ3n) is 4.86. The highest BCUT2D eigenvalue weighted by atomic mass is 35.5. The van der Waals surface area contributed by atoms with Gasteiger partial charge in [0, 0.05) is 35.8 Å². The van der Waals surface area contributed by atoms with E-state index < -0.39 is 0 Å². The number of nitrogens with zero attached hydrogens (tertiary/aromatic N) is 3. The van der Waals surface area contributed by atoms with Crippen LogP contribution in [0.2, 0.25) is 9.36 Å². The molecule has 5 nitrogen and oxygen atoms in total. The average Bonchev–Trinajstić information content (AvgIpc) is 3.26. The van der Waals surface area contributed by atoms with Crippen molar-refractivity contribution in [2.75, 3.05) is 31.1 Å². The summed E-state index contributed by atoms with van der Waals surface area (Å²) in [4.78, 5) is 20.5. The first-order valence-corrected chi connectivity index (χ1v) is 9.26. The average molecular weight is 383 g/mol. The summed E-state index contributed by atoms with van der Waals surface area (Å²) >= 11 is 13.8. The number of thiazole rings is 1. The summed E-state index contributed by atoms with van der Waals surface area (Å²) < 4.78 is 0.660. The molecule has 4 rings (SSSR count). The highest BCUT2D eigenvalue weighted by Gasteiger charge is 2.49. The summed E-state index contributed by atoms with van der Waals surface area (Å²) in [6.07, 6.45) is 2.56. The topological polar surface area (TPSA) is 62.5 Å². The zero-order chi connectivity index (χ0) is 16.9. The molecule has 0 aliphatic carbocycles. The van der Waals surface area contributed by atoms with Crippen molar-refractivity contribution in [1.29, 1.82) is 0 Å². The first kappa shape index (κ1) is 16.1. The van der Waals surface area contributed by atoms with E-state index in [1.165, 1.54) is 16.9 Å². The van der Waals surface area contributed by atoms with Crippen LogP contribution in [0.5, 0.6) is 0 Å². The molecule has 1 atom stereocenters. The molecule has 0 saturated carbocycles. The zero-order valence-electron chi connectivity index (χ0n) is 12.8. The van der Waals surface area contributed by atoms with Gasteiger partial charge in [0.1, 0.15) is 4.34 Å². The van der Waals surface area contributed by atoms with Crippen LogP contribution >= 0.6 is 34.5 Å². The van der Waals surface area contributed by atoms with Gasteiger partial charge < -0.3 is 15.5 Å². The third kappa shape index (κ3) is 2.49.